The van der Waals surface area contributed by atoms with Crippen molar-refractivity contribution < 1.29 is 0 Å². The van der Waals surface area contributed by atoms with Gasteiger partial charge in [0.1, 0.15) is 0 Å². The number of hydrogen-bond donors (Lipinski definition) is 0. The van der Waals surface area contributed by atoms with Crippen molar-refractivity contribution in [2.75, 3.05) is 0 Å². The molecule has 0 saturated heterocycles. The van der Waals surface area contributed by atoms with Crippen molar-refractivity contribution in [1.82, 2.24) is 0 Å². The van der Waals surface area contributed by atoms with Crippen LogP contribution in [0.4, 0.5) is 0 Å². The molecule has 3 aliphatic carbocycles. The van der Waals surface area contributed by atoms with E-state index in [4.69, 9.17) is 0 Å². The third-order valence-corrected chi connectivity index (χ3v) is 3.75. The van der Waals surface area contributed by atoms with Gasteiger partial charge in [0.25, 0.3) is 0 Å². The van der Waals surface area contributed by atoms with Gasteiger partial charge in [-0.1, -0.05) is 24.3 Å². The molecule has 1 fully saturated rings. The highest BCUT2D eigenvalue weighted by Crippen LogP contribution is 2.65. The maximum atomic E-state index is 2.51. The first-order valence-electron chi connectivity index (χ1n) is 4.76. The smallest absolute Gasteiger partial charge is 0.00209 e. The third-order valence-electron chi connectivity index (χ3n) is 3.75. The molecular formula is C11H14. The van der Waals surface area contributed by atoms with Gasteiger partial charge < -0.3 is 0 Å². The summed E-state index contributed by atoms with van der Waals surface area (Å²) in [4.78, 5) is 0. The van der Waals surface area contributed by atoms with E-state index in [9.17, 15) is 0 Å². The van der Waals surface area contributed by atoms with Gasteiger partial charge in [-0.05, 0) is 42.9 Å². The largest absolute Gasteiger partial charge is 0.0879 e. The lowest BCUT2D eigenvalue weighted by molar-refractivity contribution is 0.363. The topological polar surface area (TPSA) is 0 Å². The van der Waals surface area contributed by atoms with Gasteiger partial charge in [-0.25, -0.2) is 0 Å². The summed E-state index contributed by atoms with van der Waals surface area (Å²) in [6.45, 7) is 0. The second kappa shape index (κ2) is 1.80. The average molecular weight is 146 g/mol. The van der Waals surface area contributed by atoms with Crippen LogP contribution in [-0.2, 0) is 0 Å². The molecule has 0 N–H and O–H groups in total. The molecule has 0 amide bonds. The normalized spacial score (nSPS) is 51.6. The van der Waals surface area contributed by atoms with Gasteiger partial charge in [-0.15, -0.1) is 0 Å². The van der Waals surface area contributed by atoms with Crippen LogP contribution in [0, 0.1) is 17.3 Å². The fourth-order valence-corrected chi connectivity index (χ4v) is 2.98. The van der Waals surface area contributed by atoms with Gasteiger partial charge in [-0.3, -0.25) is 0 Å². The van der Waals surface area contributed by atoms with Crippen molar-refractivity contribution in [2.45, 2.75) is 25.7 Å². The van der Waals surface area contributed by atoms with E-state index in [1.165, 1.54) is 25.7 Å². The fourth-order valence-electron chi connectivity index (χ4n) is 2.98. The van der Waals surface area contributed by atoms with E-state index in [0.29, 0.717) is 5.41 Å². The van der Waals surface area contributed by atoms with Crippen LogP contribution in [0.15, 0.2) is 24.3 Å². The molecule has 58 valence electrons. The summed E-state index contributed by atoms with van der Waals surface area (Å²) < 4.78 is 0. The first kappa shape index (κ1) is 6.05. The van der Waals surface area contributed by atoms with Crippen LogP contribution in [0.5, 0.6) is 0 Å². The quantitative estimate of drug-likeness (QED) is 0.461. The van der Waals surface area contributed by atoms with Gasteiger partial charge in [0.05, 0.1) is 0 Å². The Morgan fingerprint density at radius 1 is 1.27 bits per heavy atom. The SMILES string of the molecule is C1=CC23CC2CC=CC3CC1. The van der Waals surface area contributed by atoms with E-state index in [1.807, 2.05) is 0 Å². The van der Waals surface area contributed by atoms with Crippen LogP contribution < -0.4 is 0 Å². The first-order chi connectivity index (χ1) is 5.42. The Hall–Kier alpha value is -0.520. The van der Waals surface area contributed by atoms with E-state index in [1.54, 1.807) is 0 Å². The summed E-state index contributed by atoms with van der Waals surface area (Å²) in [5.74, 6) is 1.93. The molecule has 0 bridgehead atoms. The van der Waals surface area contributed by atoms with Crippen molar-refractivity contribution >= 4 is 0 Å². The zero-order chi connectivity index (χ0) is 7.31. The molecule has 3 aliphatic rings. The van der Waals surface area contributed by atoms with Crippen molar-refractivity contribution in [3.05, 3.63) is 24.3 Å². The predicted octanol–water partition coefficient (Wildman–Crippen LogP) is 2.92. The molecule has 0 aromatic carbocycles. The molecule has 0 heteroatoms. The van der Waals surface area contributed by atoms with E-state index < -0.39 is 0 Å². The standard InChI is InChI=1S/C11H14/c1-2-7-11-8-10(11)6-3-5-9(11)4-1/h2-3,5,7,9-10H,1,4,6,8H2. The molecule has 1 spiro atoms. The minimum absolute atomic E-state index is 0.674. The van der Waals surface area contributed by atoms with Gasteiger partial charge in [0.15, 0.2) is 0 Å². The molecule has 3 rings (SSSR count). The van der Waals surface area contributed by atoms with Crippen molar-refractivity contribution in [2.24, 2.45) is 17.3 Å². The Bertz CT molecular complexity index is 236. The summed E-state index contributed by atoms with van der Waals surface area (Å²) in [6.07, 6.45) is 15.3. The zero-order valence-electron chi connectivity index (χ0n) is 6.79. The maximum Gasteiger partial charge on any atom is -0.00209 e. The molecule has 0 aliphatic heterocycles. The molecular weight excluding hydrogens is 132 g/mol. The Balaban J connectivity index is 2.02. The van der Waals surface area contributed by atoms with Crippen molar-refractivity contribution in [3.63, 3.8) is 0 Å². The van der Waals surface area contributed by atoms with Crippen molar-refractivity contribution in [1.29, 1.82) is 0 Å². The highest BCUT2D eigenvalue weighted by atomic mass is 14.6. The number of allylic oxidation sites excluding steroid dienone is 4. The highest BCUT2D eigenvalue weighted by Gasteiger charge is 2.57. The Morgan fingerprint density at radius 3 is 3.18 bits per heavy atom. The fraction of sp³-hybridized carbons (Fsp3) is 0.636. The molecule has 0 radical (unpaired) electrons. The van der Waals surface area contributed by atoms with Crippen LogP contribution in [0.3, 0.4) is 0 Å². The Morgan fingerprint density at radius 2 is 2.27 bits per heavy atom. The summed E-state index contributed by atoms with van der Waals surface area (Å²) in [6, 6.07) is 0. The molecule has 3 unspecified atom stereocenters. The second-order valence-electron chi connectivity index (χ2n) is 4.26. The van der Waals surface area contributed by atoms with Gasteiger partial charge in [0, 0.05) is 0 Å². The lowest BCUT2D eigenvalue weighted by Gasteiger charge is -2.28. The number of hydrogen-bond acceptors (Lipinski definition) is 0. The molecule has 0 aromatic heterocycles. The van der Waals surface area contributed by atoms with E-state index in [0.717, 1.165) is 11.8 Å². The lowest BCUT2D eigenvalue weighted by atomic mass is 9.76. The van der Waals surface area contributed by atoms with Crippen molar-refractivity contribution in [3.8, 4) is 0 Å². The molecule has 1 saturated carbocycles. The van der Waals surface area contributed by atoms with E-state index >= 15 is 0 Å². The van der Waals surface area contributed by atoms with E-state index in [2.05, 4.69) is 24.3 Å². The molecule has 11 heavy (non-hydrogen) atoms. The maximum absolute atomic E-state index is 2.51. The van der Waals surface area contributed by atoms with Crippen LogP contribution >= 0.6 is 0 Å². The van der Waals surface area contributed by atoms with Gasteiger partial charge in [-0.2, -0.15) is 0 Å². The molecule has 0 nitrogen and oxygen atoms in total. The first-order valence-corrected chi connectivity index (χ1v) is 4.76. The van der Waals surface area contributed by atoms with Crippen LogP contribution in [0.25, 0.3) is 0 Å². The van der Waals surface area contributed by atoms with E-state index in [-0.39, 0.29) is 0 Å². The molecule has 3 atom stereocenters. The van der Waals surface area contributed by atoms with Crippen LogP contribution in [0.1, 0.15) is 25.7 Å². The van der Waals surface area contributed by atoms with Crippen LogP contribution in [-0.4, -0.2) is 0 Å². The van der Waals surface area contributed by atoms with Gasteiger partial charge >= 0.3 is 0 Å². The average Bonchev–Trinajstić information content (AvgIpc) is 2.75. The number of rotatable bonds is 0. The monoisotopic (exact) mass is 146 g/mol. The molecule has 0 heterocycles. The zero-order valence-corrected chi connectivity index (χ0v) is 6.79. The minimum atomic E-state index is 0.674. The minimum Gasteiger partial charge on any atom is -0.0879 e. The summed E-state index contributed by atoms with van der Waals surface area (Å²) >= 11 is 0. The lowest BCUT2D eigenvalue weighted by Crippen LogP contribution is -2.19. The Labute approximate surface area is 68.0 Å². The third kappa shape index (κ3) is 0.654. The summed E-state index contributed by atoms with van der Waals surface area (Å²) in [7, 11) is 0. The summed E-state index contributed by atoms with van der Waals surface area (Å²) in [5, 5.41) is 0. The predicted molar refractivity (Wildman–Crippen MR) is 46.2 cm³/mol. The summed E-state index contributed by atoms with van der Waals surface area (Å²) in [5.41, 5.74) is 0.674. The van der Waals surface area contributed by atoms with Gasteiger partial charge in [0.2, 0.25) is 0 Å². The second-order valence-corrected chi connectivity index (χ2v) is 4.26. The molecule has 0 aromatic rings. The van der Waals surface area contributed by atoms with Crippen LogP contribution in [0.2, 0.25) is 0 Å². The highest BCUT2D eigenvalue weighted by molar-refractivity contribution is 5.27. The Kier molecular flexibility index (Phi) is 0.988.